The van der Waals surface area contributed by atoms with Crippen LogP contribution >= 0.6 is 0 Å². The molecule has 3 atom stereocenters. The topological polar surface area (TPSA) is 4.93 Å². The van der Waals surface area contributed by atoms with Gasteiger partial charge in [0.25, 0.3) is 0 Å². The van der Waals surface area contributed by atoms with Crippen LogP contribution in [-0.4, -0.2) is 4.57 Å². The van der Waals surface area contributed by atoms with Crippen LogP contribution in [0.3, 0.4) is 0 Å². The molecule has 9 aromatic carbocycles. The second-order valence-corrected chi connectivity index (χ2v) is 17.5. The molecule has 2 unspecified atom stereocenters. The third-order valence-corrected chi connectivity index (χ3v) is 14.2. The van der Waals surface area contributed by atoms with Gasteiger partial charge in [0.1, 0.15) is 0 Å². The van der Waals surface area contributed by atoms with Crippen molar-refractivity contribution in [1.82, 2.24) is 4.57 Å². The standard InChI is InChI=1S/C60H43N/c1-2-12-39(13-3-1)42-14-10-11-38(33-42)21-29-50-46-15-4-6-17-48(46)54-34-43(26-30-51(50)54)40-22-24-41(25-23-40)44-27-32-60-58(35-44)53-19-8-9-20-59(53)61(60)45-28-31-52-47-16-5-7-18-49(47)56-37-57(56)55(52)36-45/h1-20,22-28,30-36,50,56-57H,21,29,37H2/t50-,56?,57?/m1/s1. The Balaban J connectivity index is 0.800. The molecule has 0 aliphatic heterocycles. The Morgan fingerprint density at radius 2 is 0.951 bits per heavy atom. The second-order valence-electron chi connectivity index (χ2n) is 17.5. The van der Waals surface area contributed by atoms with Gasteiger partial charge in [-0.2, -0.15) is 0 Å². The molecule has 61 heavy (non-hydrogen) atoms. The fourth-order valence-corrected chi connectivity index (χ4v) is 11.1. The van der Waals surface area contributed by atoms with Gasteiger partial charge in [-0.1, -0.05) is 170 Å². The summed E-state index contributed by atoms with van der Waals surface area (Å²) in [7, 11) is 0. The zero-order valence-corrected chi connectivity index (χ0v) is 33.9. The van der Waals surface area contributed by atoms with Gasteiger partial charge in [0.15, 0.2) is 0 Å². The van der Waals surface area contributed by atoms with Crippen LogP contribution in [0.4, 0.5) is 0 Å². The van der Waals surface area contributed by atoms with Crippen molar-refractivity contribution in [3.63, 3.8) is 0 Å². The lowest BCUT2D eigenvalue weighted by atomic mass is 9.85. The summed E-state index contributed by atoms with van der Waals surface area (Å²) in [6.45, 7) is 0. The Bertz CT molecular complexity index is 3350. The first-order valence-electron chi connectivity index (χ1n) is 22.0. The summed E-state index contributed by atoms with van der Waals surface area (Å²) in [6, 6.07) is 77.4. The number of aromatic nitrogens is 1. The van der Waals surface area contributed by atoms with Crippen molar-refractivity contribution in [3.8, 4) is 61.3 Å². The van der Waals surface area contributed by atoms with E-state index in [-0.39, 0.29) is 0 Å². The third kappa shape index (κ3) is 5.61. The molecule has 1 nitrogen and oxygen atoms in total. The predicted molar refractivity (Wildman–Crippen MR) is 255 cm³/mol. The number of benzene rings is 9. The number of hydrogen-bond acceptors (Lipinski definition) is 0. The van der Waals surface area contributed by atoms with Crippen LogP contribution < -0.4 is 0 Å². The van der Waals surface area contributed by atoms with Crippen molar-refractivity contribution < 1.29 is 0 Å². The zero-order valence-electron chi connectivity index (χ0n) is 33.9. The smallest absolute Gasteiger partial charge is 0.0541 e. The molecule has 1 saturated carbocycles. The lowest BCUT2D eigenvalue weighted by Gasteiger charge is -2.21. The first-order chi connectivity index (χ1) is 30.2. The van der Waals surface area contributed by atoms with E-state index in [2.05, 4.69) is 211 Å². The number of rotatable bonds is 7. The van der Waals surface area contributed by atoms with Crippen molar-refractivity contribution in [2.24, 2.45) is 0 Å². The highest BCUT2D eigenvalue weighted by Crippen LogP contribution is 2.62. The summed E-state index contributed by atoms with van der Waals surface area (Å²) in [4.78, 5) is 0. The SMILES string of the molecule is c1ccc(-c2cccc(CC[C@@H]3c4ccccc4-c4cc(-c5ccc(-c6ccc7c(c6)c6ccccc6n7-c6ccc7c(c6)C6CC6c6ccccc6-7)cc5)ccc43)c2)cc1. The molecule has 0 radical (unpaired) electrons. The Kier molecular flexibility index (Phi) is 7.75. The van der Waals surface area contributed by atoms with Crippen LogP contribution in [0.25, 0.3) is 83.1 Å². The van der Waals surface area contributed by atoms with E-state index in [9.17, 15) is 0 Å². The van der Waals surface area contributed by atoms with Crippen molar-refractivity contribution in [1.29, 1.82) is 0 Å². The average Bonchev–Trinajstić information content (AvgIpc) is 4.00. The maximum Gasteiger partial charge on any atom is 0.0541 e. The highest BCUT2D eigenvalue weighted by Gasteiger charge is 2.45. The maximum absolute atomic E-state index is 2.48. The number of hydrogen-bond donors (Lipinski definition) is 0. The normalized spacial score (nSPS) is 16.8. The van der Waals surface area contributed by atoms with E-state index in [1.807, 2.05) is 0 Å². The molecule has 1 heterocycles. The first-order valence-corrected chi connectivity index (χ1v) is 22.0. The van der Waals surface area contributed by atoms with Gasteiger partial charge >= 0.3 is 0 Å². The van der Waals surface area contributed by atoms with Gasteiger partial charge in [-0.3, -0.25) is 0 Å². The first kappa shape index (κ1) is 34.6. The quantitative estimate of drug-likeness (QED) is 0.152. The van der Waals surface area contributed by atoms with Crippen molar-refractivity contribution >= 4 is 21.8 Å². The highest BCUT2D eigenvalue weighted by molar-refractivity contribution is 6.10. The summed E-state index contributed by atoms with van der Waals surface area (Å²) < 4.78 is 2.48. The molecule has 1 fully saturated rings. The number of fused-ring (bicyclic) bond motifs is 12. The highest BCUT2D eigenvalue weighted by atomic mass is 15.0. The van der Waals surface area contributed by atoms with Crippen LogP contribution in [0, 0.1) is 0 Å². The Hall–Kier alpha value is -7.22. The lowest BCUT2D eigenvalue weighted by molar-refractivity contribution is 0.730. The number of nitrogens with zero attached hydrogens (tertiary/aromatic N) is 1. The van der Waals surface area contributed by atoms with E-state index in [4.69, 9.17) is 0 Å². The van der Waals surface area contributed by atoms with E-state index in [0.29, 0.717) is 17.8 Å². The predicted octanol–water partition coefficient (Wildman–Crippen LogP) is 15.8. The molecule has 3 aliphatic rings. The minimum atomic E-state index is 0.388. The van der Waals surface area contributed by atoms with Gasteiger partial charge in [-0.05, 0) is 151 Å². The Morgan fingerprint density at radius 1 is 0.361 bits per heavy atom. The minimum Gasteiger partial charge on any atom is -0.309 e. The van der Waals surface area contributed by atoms with E-state index >= 15 is 0 Å². The Morgan fingerprint density at radius 3 is 1.80 bits per heavy atom. The van der Waals surface area contributed by atoms with Crippen LogP contribution in [0.15, 0.2) is 206 Å². The number of para-hydroxylation sites is 1. The van der Waals surface area contributed by atoms with Crippen molar-refractivity contribution in [3.05, 3.63) is 234 Å². The van der Waals surface area contributed by atoms with Crippen molar-refractivity contribution in [2.45, 2.75) is 37.0 Å². The molecule has 0 N–H and O–H groups in total. The van der Waals surface area contributed by atoms with Gasteiger partial charge in [0.2, 0.25) is 0 Å². The third-order valence-electron chi connectivity index (χ3n) is 14.2. The Labute approximate surface area is 357 Å². The van der Waals surface area contributed by atoms with Gasteiger partial charge < -0.3 is 4.57 Å². The number of aryl methyl sites for hydroxylation is 1. The van der Waals surface area contributed by atoms with E-state index < -0.39 is 0 Å². The van der Waals surface area contributed by atoms with Gasteiger partial charge in [0.05, 0.1) is 11.0 Å². The molecule has 10 aromatic rings. The monoisotopic (exact) mass is 777 g/mol. The van der Waals surface area contributed by atoms with Crippen LogP contribution in [-0.2, 0) is 6.42 Å². The zero-order chi connectivity index (χ0) is 40.0. The van der Waals surface area contributed by atoms with Gasteiger partial charge in [0, 0.05) is 22.4 Å². The summed E-state index contributed by atoms with van der Waals surface area (Å²) in [5.41, 5.74) is 24.2. The summed E-state index contributed by atoms with van der Waals surface area (Å²) >= 11 is 0. The molecule has 1 heteroatoms. The van der Waals surface area contributed by atoms with Gasteiger partial charge in [-0.25, -0.2) is 0 Å². The minimum absolute atomic E-state index is 0.388. The fraction of sp³-hybridized carbons (Fsp3) is 0.100. The maximum atomic E-state index is 2.48. The van der Waals surface area contributed by atoms with Gasteiger partial charge in [-0.15, -0.1) is 0 Å². The summed E-state index contributed by atoms with van der Waals surface area (Å²) in [5.74, 6) is 1.69. The molecule has 1 aromatic heterocycles. The molecule has 13 rings (SSSR count). The second kappa shape index (κ2) is 13.7. The molecule has 288 valence electrons. The van der Waals surface area contributed by atoms with E-state index in [1.165, 1.54) is 117 Å². The van der Waals surface area contributed by atoms with Crippen molar-refractivity contribution in [2.75, 3.05) is 0 Å². The molecule has 0 bridgehead atoms. The molecule has 0 saturated heterocycles. The fourth-order valence-electron chi connectivity index (χ4n) is 11.1. The van der Waals surface area contributed by atoms with E-state index in [1.54, 1.807) is 0 Å². The molecule has 0 spiro atoms. The van der Waals surface area contributed by atoms with Crippen LogP contribution in [0.5, 0.6) is 0 Å². The summed E-state index contributed by atoms with van der Waals surface area (Å²) in [5, 5.41) is 2.58. The largest absolute Gasteiger partial charge is 0.309 e. The molecular weight excluding hydrogens is 735 g/mol. The molecule has 0 amide bonds. The van der Waals surface area contributed by atoms with Crippen LogP contribution in [0.2, 0.25) is 0 Å². The molecular formula is C60H43N. The van der Waals surface area contributed by atoms with Crippen LogP contribution in [0.1, 0.15) is 58.4 Å². The summed E-state index contributed by atoms with van der Waals surface area (Å²) in [6.07, 6.45) is 3.39. The lowest BCUT2D eigenvalue weighted by Crippen LogP contribution is -2.02. The molecule has 3 aliphatic carbocycles. The van der Waals surface area contributed by atoms with E-state index in [0.717, 1.165) is 12.8 Å². The average molecular weight is 778 g/mol.